The molecule has 0 spiro atoms. The molecule has 3 aromatic rings. The summed E-state index contributed by atoms with van der Waals surface area (Å²) >= 11 is 0. The van der Waals surface area contributed by atoms with E-state index in [9.17, 15) is 14.7 Å². The number of piperidine rings is 1. The van der Waals surface area contributed by atoms with Gasteiger partial charge in [0.2, 0.25) is 0 Å². The third-order valence-corrected chi connectivity index (χ3v) is 8.36. The number of H-pyrrole nitrogens is 1. The van der Waals surface area contributed by atoms with E-state index in [2.05, 4.69) is 9.88 Å². The number of fused-ring (bicyclic) bond motifs is 4. The molecular formula is C29H34N4O4. The molecule has 2 atom stereocenters. The monoisotopic (exact) mass is 502 g/mol. The van der Waals surface area contributed by atoms with Crippen molar-refractivity contribution in [3.8, 4) is 11.5 Å². The minimum absolute atomic E-state index is 0.125. The molecular weight excluding hydrogens is 468 g/mol. The van der Waals surface area contributed by atoms with Crippen molar-refractivity contribution in [2.75, 3.05) is 33.3 Å². The number of aromatic amines is 1. The molecule has 2 saturated heterocycles. The van der Waals surface area contributed by atoms with Crippen LogP contribution in [0, 0.1) is 0 Å². The van der Waals surface area contributed by atoms with Crippen LogP contribution >= 0.6 is 0 Å². The summed E-state index contributed by atoms with van der Waals surface area (Å²) in [7, 11) is 1.64. The summed E-state index contributed by atoms with van der Waals surface area (Å²) in [4.78, 5) is 37.1. The molecule has 194 valence electrons. The molecule has 37 heavy (non-hydrogen) atoms. The zero-order valence-corrected chi connectivity index (χ0v) is 21.5. The van der Waals surface area contributed by atoms with Crippen LogP contribution in [0.15, 0.2) is 42.5 Å². The van der Waals surface area contributed by atoms with Gasteiger partial charge in [-0.3, -0.25) is 14.6 Å². The lowest BCUT2D eigenvalue weighted by molar-refractivity contribution is -0.133. The molecule has 1 aromatic heterocycles. The summed E-state index contributed by atoms with van der Waals surface area (Å²) < 4.78 is 5.48. The first-order chi connectivity index (χ1) is 17.9. The number of rotatable bonds is 6. The topological polar surface area (TPSA) is 89.1 Å². The lowest BCUT2D eigenvalue weighted by Gasteiger charge is -2.42. The summed E-state index contributed by atoms with van der Waals surface area (Å²) in [6, 6.07) is 12.1. The molecule has 0 aliphatic carbocycles. The minimum Gasteiger partial charge on any atom is -0.508 e. The van der Waals surface area contributed by atoms with Crippen LogP contribution in [-0.4, -0.2) is 75.6 Å². The van der Waals surface area contributed by atoms with E-state index >= 15 is 0 Å². The first-order valence-electron chi connectivity index (χ1n) is 13.3. The Morgan fingerprint density at radius 1 is 1.08 bits per heavy atom. The van der Waals surface area contributed by atoms with Crippen molar-refractivity contribution < 1.29 is 19.4 Å². The van der Waals surface area contributed by atoms with E-state index in [-0.39, 0.29) is 17.7 Å². The van der Waals surface area contributed by atoms with Gasteiger partial charge in [-0.25, -0.2) is 4.79 Å². The van der Waals surface area contributed by atoms with Gasteiger partial charge < -0.3 is 19.7 Å². The SMILES string of the molecule is COc1ccc2[nH]c3c(c2c1)C[C@@]1(C)C(=O)N(CCCN2CCCCC2)C(=O)N1[C@@H]3c1cccc(O)c1. The van der Waals surface area contributed by atoms with Crippen molar-refractivity contribution >= 4 is 22.8 Å². The fourth-order valence-electron chi connectivity index (χ4n) is 6.49. The Bertz CT molecular complexity index is 1360. The number of likely N-dealkylation sites (tertiary alicyclic amines) is 1. The van der Waals surface area contributed by atoms with E-state index in [4.69, 9.17) is 4.74 Å². The first-order valence-corrected chi connectivity index (χ1v) is 13.3. The molecule has 8 nitrogen and oxygen atoms in total. The zero-order chi connectivity index (χ0) is 25.7. The maximum Gasteiger partial charge on any atom is 0.328 e. The number of aromatic nitrogens is 1. The molecule has 0 saturated carbocycles. The van der Waals surface area contributed by atoms with Crippen LogP contribution in [0.1, 0.15) is 55.5 Å². The van der Waals surface area contributed by atoms with E-state index in [1.54, 1.807) is 30.2 Å². The molecule has 6 rings (SSSR count). The second kappa shape index (κ2) is 9.10. The Morgan fingerprint density at radius 2 is 1.89 bits per heavy atom. The molecule has 3 amide bonds. The molecule has 0 radical (unpaired) electrons. The van der Waals surface area contributed by atoms with Crippen molar-refractivity contribution in [1.29, 1.82) is 0 Å². The number of carbonyl (C=O) groups is 2. The number of imide groups is 1. The summed E-state index contributed by atoms with van der Waals surface area (Å²) in [6.07, 6.45) is 4.90. The van der Waals surface area contributed by atoms with Crippen LogP contribution < -0.4 is 4.74 Å². The first kappa shape index (κ1) is 23.9. The third kappa shape index (κ3) is 3.85. The van der Waals surface area contributed by atoms with Gasteiger partial charge in [0, 0.05) is 29.6 Å². The van der Waals surface area contributed by atoms with Gasteiger partial charge in [0.1, 0.15) is 23.1 Å². The van der Waals surface area contributed by atoms with E-state index < -0.39 is 11.6 Å². The lowest BCUT2D eigenvalue weighted by atomic mass is 9.81. The van der Waals surface area contributed by atoms with Gasteiger partial charge in [0.25, 0.3) is 5.91 Å². The van der Waals surface area contributed by atoms with Crippen LogP contribution in [0.3, 0.4) is 0 Å². The van der Waals surface area contributed by atoms with Crippen molar-refractivity contribution in [2.24, 2.45) is 0 Å². The smallest absolute Gasteiger partial charge is 0.328 e. The molecule has 3 aliphatic rings. The second-order valence-corrected chi connectivity index (χ2v) is 10.7. The predicted molar refractivity (Wildman–Crippen MR) is 141 cm³/mol. The maximum absolute atomic E-state index is 14.0. The highest BCUT2D eigenvalue weighted by atomic mass is 16.5. The summed E-state index contributed by atoms with van der Waals surface area (Å²) in [5, 5.41) is 11.3. The highest BCUT2D eigenvalue weighted by molar-refractivity contribution is 6.08. The van der Waals surface area contributed by atoms with Gasteiger partial charge >= 0.3 is 6.03 Å². The van der Waals surface area contributed by atoms with Gasteiger partial charge in [-0.2, -0.15) is 0 Å². The number of benzene rings is 2. The summed E-state index contributed by atoms with van der Waals surface area (Å²) in [5.74, 6) is 0.716. The average Bonchev–Trinajstić information content (AvgIpc) is 3.35. The number of amides is 3. The number of hydrogen-bond acceptors (Lipinski definition) is 5. The molecule has 0 bridgehead atoms. The fourth-order valence-corrected chi connectivity index (χ4v) is 6.49. The number of hydrogen-bond donors (Lipinski definition) is 2. The fraction of sp³-hybridized carbons (Fsp3) is 0.448. The number of methoxy groups -OCH3 is 1. The number of nitrogens with zero attached hydrogens (tertiary/aromatic N) is 3. The Kier molecular flexibility index (Phi) is 5.87. The average molecular weight is 503 g/mol. The van der Waals surface area contributed by atoms with Crippen LogP contribution in [0.25, 0.3) is 10.9 Å². The van der Waals surface area contributed by atoms with Crippen molar-refractivity contribution in [3.63, 3.8) is 0 Å². The number of nitrogens with one attached hydrogen (secondary N) is 1. The number of aromatic hydroxyl groups is 1. The highest BCUT2D eigenvalue weighted by Crippen LogP contribution is 2.49. The molecule has 2 fully saturated rings. The number of ether oxygens (including phenoxy) is 1. The van der Waals surface area contributed by atoms with Gasteiger partial charge in [-0.1, -0.05) is 18.6 Å². The van der Waals surface area contributed by atoms with Gasteiger partial charge in [0.05, 0.1) is 7.11 Å². The van der Waals surface area contributed by atoms with Crippen molar-refractivity contribution in [1.82, 2.24) is 19.7 Å². The molecule has 2 aromatic carbocycles. The van der Waals surface area contributed by atoms with E-state index in [0.717, 1.165) is 59.5 Å². The van der Waals surface area contributed by atoms with Crippen LogP contribution in [-0.2, 0) is 11.2 Å². The highest BCUT2D eigenvalue weighted by Gasteiger charge is 2.60. The molecule has 3 aliphatic heterocycles. The van der Waals surface area contributed by atoms with Crippen LogP contribution in [0.4, 0.5) is 4.79 Å². The van der Waals surface area contributed by atoms with Crippen LogP contribution in [0.5, 0.6) is 11.5 Å². The predicted octanol–water partition coefficient (Wildman–Crippen LogP) is 4.43. The number of phenolic OH excluding ortho intramolecular Hbond substituents is 1. The number of carbonyl (C=O) groups excluding carboxylic acids is 2. The second-order valence-electron chi connectivity index (χ2n) is 10.7. The Labute approximate surface area is 216 Å². The maximum atomic E-state index is 14.0. The Morgan fingerprint density at radius 3 is 2.65 bits per heavy atom. The summed E-state index contributed by atoms with van der Waals surface area (Å²) in [5.41, 5.74) is 2.56. The summed E-state index contributed by atoms with van der Waals surface area (Å²) in [6.45, 7) is 5.38. The Hall–Kier alpha value is -3.52. The van der Waals surface area contributed by atoms with Gasteiger partial charge in [-0.15, -0.1) is 0 Å². The standard InChI is InChI=1S/C29H34N4O4/c1-29-18-23-22-17-21(37-2)10-11-24(22)30-25(23)26(19-8-6-9-20(34)16-19)33(29)28(36)32(27(29)35)15-7-14-31-12-4-3-5-13-31/h6,8-11,16-17,26,30,34H,3-5,7,12-15,18H2,1-2H3/t26-,29+/m1/s1. The Balaban J connectivity index is 1.39. The third-order valence-electron chi connectivity index (χ3n) is 8.36. The minimum atomic E-state index is -1.02. The van der Waals surface area contributed by atoms with E-state index in [0.29, 0.717) is 13.0 Å². The molecule has 2 N–H and O–H groups in total. The molecule has 8 heteroatoms. The number of urea groups is 1. The zero-order valence-electron chi connectivity index (χ0n) is 21.5. The molecule has 4 heterocycles. The van der Waals surface area contributed by atoms with Gasteiger partial charge in [-0.05, 0) is 87.3 Å². The van der Waals surface area contributed by atoms with E-state index in [1.807, 2.05) is 31.2 Å². The van der Waals surface area contributed by atoms with Crippen LogP contribution in [0.2, 0.25) is 0 Å². The van der Waals surface area contributed by atoms with Gasteiger partial charge in [0.15, 0.2) is 0 Å². The quantitative estimate of drug-likeness (QED) is 0.487. The lowest BCUT2D eigenvalue weighted by Crippen LogP contribution is -2.53. The van der Waals surface area contributed by atoms with E-state index in [1.165, 1.54) is 24.2 Å². The number of phenols is 1. The van der Waals surface area contributed by atoms with Crippen molar-refractivity contribution in [2.45, 2.75) is 50.6 Å². The normalized spacial score (nSPS) is 24.0. The molecule has 0 unspecified atom stereocenters. The van der Waals surface area contributed by atoms with Crippen molar-refractivity contribution in [3.05, 3.63) is 59.3 Å². The largest absolute Gasteiger partial charge is 0.508 e.